The quantitative estimate of drug-likeness (QED) is 0.463. The summed E-state index contributed by atoms with van der Waals surface area (Å²) in [6.45, 7) is 15.0. The summed E-state index contributed by atoms with van der Waals surface area (Å²) in [7, 11) is 0. The molecule has 30 heavy (non-hydrogen) atoms. The van der Waals surface area contributed by atoms with Gasteiger partial charge in [-0.2, -0.15) is 0 Å². The van der Waals surface area contributed by atoms with Gasteiger partial charge >= 0.3 is 0 Å². The van der Waals surface area contributed by atoms with Gasteiger partial charge in [-0.05, 0) is 116 Å². The molecule has 4 aliphatic carbocycles. The molecule has 10 atom stereocenters. The van der Waals surface area contributed by atoms with E-state index in [1.807, 2.05) is 0 Å². The van der Waals surface area contributed by atoms with E-state index >= 15 is 0 Å². The molecular formula is C29H52O. The lowest BCUT2D eigenvalue weighted by atomic mass is 9.44. The van der Waals surface area contributed by atoms with Crippen LogP contribution in [-0.2, 0) is 0 Å². The maximum Gasteiger partial charge on any atom is 0.0599 e. The van der Waals surface area contributed by atoms with Crippen LogP contribution >= 0.6 is 0 Å². The summed E-state index contributed by atoms with van der Waals surface area (Å²) >= 11 is 0. The lowest BCUT2D eigenvalue weighted by molar-refractivity contribution is -0.164. The molecule has 4 fully saturated rings. The summed E-state index contributed by atoms with van der Waals surface area (Å²) in [5, 5.41) is 11.1. The minimum atomic E-state index is -0.0356. The van der Waals surface area contributed by atoms with Crippen LogP contribution in [-0.4, -0.2) is 11.2 Å². The average Bonchev–Trinajstić information content (AvgIpc) is 3.06. The van der Waals surface area contributed by atoms with Crippen molar-refractivity contribution in [2.24, 2.45) is 58.2 Å². The molecule has 1 nitrogen and oxygen atoms in total. The zero-order chi connectivity index (χ0) is 21.7. The molecule has 0 heterocycles. The molecule has 0 aromatic heterocycles. The van der Waals surface area contributed by atoms with Crippen LogP contribution in [0, 0.1) is 58.2 Å². The summed E-state index contributed by atoms with van der Waals surface area (Å²) in [4.78, 5) is 0. The third kappa shape index (κ3) is 3.62. The van der Waals surface area contributed by atoms with Gasteiger partial charge in [0.1, 0.15) is 0 Å². The van der Waals surface area contributed by atoms with Crippen LogP contribution in [0.3, 0.4) is 0 Å². The molecule has 4 saturated carbocycles. The molecule has 0 amide bonds. The molecule has 0 saturated heterocycles. The molecule has 0 aromatic carbocycles. The number of rotatable bonds is 6. The number of aliphatic hydroxyl groups excluding tert-OH is 1. The molecule has 1 heteroatoms. The highest BCUT2D eigenvalue weighted by Gasteiger charge is 2.61. The summed E-state index contributed by atoms with van der Waals surface area (Å²) in [5.74, 6) is 7.00. The molecule has 174 valence electrons. The van der Waals surface area contributed by atoms with Crippen molar-refractivity contribution in [3.05, 3.63) is 0 Å². The lowest BCUT2D eigenvalue weighted by Gasteiger charge is -2.62. The van der Waals surface area contributed by atoms with E-state index in [2.05, 4.69) is 41.5 Å². The lowest BCUT2D eigenvalue weighted by Crippen LogP contribution is -2.57. The van der Waals surface area contributed by atoms with E-state index in [9.17, 15) is 5.11 Å². The smallest absolute Gasteiger partial charge is 0.0599 e. The highest BCUT2D eigenvalue weighted by molar-refractivity contribution is 5.10. The van der Waals surface area contributed by atoms with Crippen LogP contribution in [0.5, 0.6) is 0 Å². The van der Waals surface area contributed by atoms with Crippen molar-refractivity contribution in [2.75, 3.05) is 0 Å². The molecule has 2 unspecified atom stereocenters. The van der Waals surface area contributed by atoms with Crippen molar-refractivity contribution >= 4 is 0 Å². The third-order valence-electron chi connectivity index (χ3n) is 11.9. The second kappa shape index (κ2) is 8.72. The molecule has 0 radical (unpaired) electrons. The van der Waals surface area contributed by atoms with Crippen LogP contribution in [0.25, 0.3) is 0 Å². The zero-order valence-corrected chi connectivity index (χ0v) is 21.1. The monoisotopic (exact) mass is 416 g/mol. The SMILES string of the molecule is CC[C@H](CC[C@@H](C)[C@H]1CC[C@H]2[C@H]3CCC4CCCC(O)[C@]4(C)[C@H]3CC[C@]12C)C(C)C. The van der Waals surface area contributed by atoms with Gasteiger partial charge < -0.3 is 5.11 Å². The van der Waals surface area contributed by atoms with Gasteiger partial charge in [0.2, 0.25) is 0 Å². The Kier molecular flexibility index (Phi) is 6.72. The van der Waals surface area contributed by atoms with Gasteiger partial charge in [0.25, 0.3) is 0 Å². The summed E-state index contributed by atoms with van der Waals surface area (Å²) in [5.41, 5.74) is 0.792. The molecule has 0 aliphatic heterocycles. The van der Waals surface area contributed by atoms with Gasteiger partial charge in [-0.25, -0.2) is 0 Å². The maximum absolute atomic E-state index is 11.1. The predicted octanol–water partition coefficient (Wildman–Crippen LogP) is 8.10. The first-order chi connectivity index (χ1) is 14.2. The second-order valence-corrected chi connectivity index (χ2v) is 13.2. The Balaban J connectivity index is 1.47. The van der Waals surface area contributed by atoms with Crippen molar-refractivity contribution in [2.45, 2.75) is 125 Å². The summed E-state index contributed by atoms with van der Waals surface area (Å²) in [6.07, 6.45) is 16.5. The van der Waals surface area contributed by atoms with Gasteiger partial charge in [0.15, 0.2) is 0 Å². The van der Waals surface area contributed by atoms with E-state index in [-0.39, 0.29) is 11.5 Å². The Morgan fingerprint density at radius 2 is 1.63 bits per heavy atom. The normalized spacial score (nSPS) is 48.0. The van der Waals surface area contributed by atoms with E-state index in [1.165, 1.54) is 70.6 Å². The molecule has 0 bridgehead atoms. The van der Waals surface area contributed by atoms with Crippen molar-refractivity contribution in [3.8, 4) is 0 Å². The van der Waals surface area contributed by atoms with Crippen molar-refractivity contribution in [1.82, 2.24) is 0 Å². The van der Waals surface area contributed by atoms with Crippen LogP contribution in [0.15, 0.2) is 0 Å². The van der Waals surface area contributed by atoms with Crippen LogP contribution in [0.4, 0.5) is 0 Å². The van der Waals surface area contributed by atoms with Gasteiger partial charge in [-0.3, -0.25) is 0 Å². The average molecular weight is 417 g/mol. The number of fused-ring (bicyclic) bond motifs is 5. The molecule has 0 aromatic rings. The fraction of sp³-hybridized carbons (Fsp3) is 1.00. The standard InChI is InChI=1S/C29H52O/c1-7-21(19(2)3)12-11-20(4)24-15-16-25-23-14-13-22-9-8-10-27(30)29(22,6)26(23)17-18-28(24,25)5/h19-27,30H,7-18H2,1-6H3/t20-,21-,22?,23-,24-,25+,26+,27?,28-,29+/m1/s1. The van der Waals surface area contributed by atoms with E-state index in [0.717, 1.165) is 53.8 Å². The summed E-state index contributed by atoms with van der Waals surface area (Å²) in [6, 6.07) is 0. The van der Waals surface area contributed by atoms with E-state index < -0.39 is 0 Å². The van der Waals surface area contributed by atoms with Crippen molar-refractivity contribution in [3.63, 3.8) is 0 Å². The Hall–Kier alpha value is -0.0400. The number of hydrogen-bond acceptors (Lipinski definition) is 1. The first kappa shape index (κ1) is 23.1. The fourth-order valence-corrected chi connectivity index (χ4v) is 9.98. The molecular weight excluding hydrogens is 364 g/mol. The second-order valence-electron chi connectivity index (χ2n) is 13.2. The van der Waals surface area contributed by atoms with E-state index in [4.69, 9.17) is 0 Å². The highest BCUT2D eigenvalue weighted by Crippen LogP contribution is 2.68. The Labute approximate surface area is 188 Å². The van der Waals surface area contributed by atoms with E-state index in [1.54, 1.807) is 0 Å². The summed E-state index contributed by atoms with van der Waals surface area (Å²) < 4.78 is 0. The molecule has 4 rings (SSSR count). The first-order valence-corrected chi connectivity index (χ1v) is 13.9. The van der Waals surface area contributed by atoms with Gasteiger partial charge in [-0.15, -0.1) is 0 Å². The third-order valence-corrected chi connectivity index (χ3v) is 11.9. The van der Waals surface area contributed by atoms with Crippen LogP contribution in [0.2, 0.25) is 0 Å². The minimum absolute atomic E-state index is 0.0356. The largest absolute Gasteiger partial charge is 0.393 e. The van der Waals surface area contributed by atoms with Gasteiger partial charge in [-0.1, -0.05) is 60.8 Å². The first-order valence-electron chi connectivity index (χ1n) is 13.9. The van der Waals surface area contributed by atoms with Crippen molar-refractivity contribution in [1.29, 1.82) is 0 Å². The maximum atomic E-state index is 11.1. The topological polar surface area (TPSA) is 20.2 Å². The van der Waals surface area contributed by atoms with Crippen LogP contribution in [0.1, 0.15) is 119 Å². The van der Waals surface area contributed by atoms with Crippen molar-refractivity contribution < 1.29 is 5.11 Å². The van der Waals surface area contributed by atoms with Crippen LogP contribution < -0.4 is 0 Å². The van der Waals surface area contributed by atoms with E-state index in [0.29, 0.717) is 5.41 Å². The molecule has 0 spiro atoms. The molecule has 4 aliphatic rings. The fourth-order valence-electron chi connectivity index (χ4n) is 9.98. The minimum Gasteiger partial charge on any atom is -0.393 e. The Morgan fingerprint density at radius 1 is 0.867 bits per heavy atom. The Bertz CT molecular complexity index is 583. The molecule has 1 N–H and O–H groups in total. The van der Waals surface area contributed by atoms with Gasteiger partial charge in [0, 0.05) is 0 Å². The van der Waals surface area contributed by atoms with Gasteiger partial charge in [0.05, 0.1) is 6.10 Å². The number of hydrogen-bond donors (Lipinski definition) is 1. The Morgan fingerprint density at radius 3 is 2.33 bits per heavy atom. The number of aliphatic hydroxyl groups is 1. The zero-order valence-electron chi connectivity index (χ0n) is 21.1. The highest BCUT2D eigenvalue weighted by atomic mass is 16.3. The predicted molar refractivity (Wildman–Crippen MR) is 128 cm³/mol.